The second-order valence-corrected chi connectivity index (χ2v) is 4.05. The van der Waals surface area contributed by atoms with Crippen molar-refractivity contribution in [3.05, 3.63) is 24.3 Å². The van der Waals surface area contributed by atoms with Gasteiger partial charge in [-0.1, -0.05) is 6.07 Å². The molecule has 18 heavy (non-hydrogen) atoms. The van der Waals surface area contributed by atoms with Crippen LogP contribution in [0.15, 0.2) is 24.3 Å². The molecular weight excluding hydrogens is 256 g/mol. The Hall–Kier alpha value is -1.30. The van der Waals surface area contributed by atoms with Crippen molar-refractivity contribution in [3.8, 4) is 5.75 Å². The maximum absolute atomic E-state index is 12.0. The number of amides is 1. The number of carbonyl (C=O) groups is 1. The number of nitrogens with one attached hydrogen (secondary N) is 2. The molecular formula is C12H17ClN2O3. The van der Waals surface area contributed by atoms with Gasteiger partial charge in [0.05, 0.1) is 12.7 Å². The highest BCUT2D eigenvalue weighted by molar-refractivity contribution is 5.95. The summed E-state index contributed by atoms with van der Waals surface area (Å²) in [6.07, 6.45) is -0.152. The van der Waals surface area contributed by atoms with E-state index in [9.17, 15) is 9.90 Å². The van der Waals surface area contributed by atoms with Gasteiger partial charge in [0.2, 0.25) is 5.91 Å². The highest BCUT2D eigenvalue weighted by Crippen LogP contribution is 2.16. The number of anilines is 1. The van der Waals surface area contributed by atoms with Crippen LogP contribution in [0.1, 0.15) is 6.92 Å². The molecule has 1 amide bonds. The quantitative estimate of drug-likeness (QED) is 0.755. The van der Waals surface area contributed by atoms with Crippen molar-refractivity contribution in [2.45, 2.75) is 19.1 Å². The number of benzene rings is 1. The van der Waals surface area contributed by atoms with Crippen LogP contribution in [0.3, 0.4) is 0 Å². The van der Waals surface area contributed by atoms with Gasteiger partial charge in [0.1, 0.15) is 11.8 Å². The monoisotopic (exact) mass is 272 g/mol. The fourth-order valence-electron chi connectivity index (χ4n) is 1.83. The van der Waals surface area contributed by atoms with Gasteiger partial charge in [-0.15, -0.1) is 12.4 Å². The first kappa shape index (κ1) is 14.8. The number of morpholine rings is 1. The van der Waals surface area contributed by atoms with E-state index in [2.05, 4.69) is 10.6 Å². The number of hydrogen-bond acceptors (Lipinski definition) is 4. The zero-order valence-corrected chi connectivity index (χ0v) is 10.9. The minimum atomic E-state index is -0.355. The second-order valence-electron chi connectivity index (χ2n) is 4.05. The van der Waals surface area contributed by atoms with E-state index in [0.717, 1.165) is 0 Å². The Labute approximate surface area is 112 Å². The van der Waals surface area contributed by atoms with Gasteiger partial charge in [0, 0.05) is 18.3 Å². The van der Waals surface area contributed by atoms with Gasteiger partial charge in [-0.25, -0.2) is 0 Å². The molecule has 100 valence electrons. The van der Waals surface area contributed by atoms with Crippen molar-refractivity contribution < 1.29 is 14.6 Å². The van der Waals surface area contributed by atoms with Crippen molar-refractivity contribution in [3.63, 3.8) is 0 Å². The number of carbonyl (C=O) groups excluding carboxylic acids is 1. The minimum absolute atomic E-state index is 0. The number of halogens is 1. The van der Waals surface area contributed by atoms with E-state index in [0.29, 0.717) is 18.8 Å². The molecule has 0 radical (unpaired) electrons. The lowest BCUT2D eigenvalue weighted by molar-refractivity contribution is -0.123. The van der Waals surface area contributed by atoms with Gasteiger partial charge in [-0.3, -0.25) is 4.79 Å². The zero-order chi connectivity index (χ0) is 12.3. The van der Waals surface area contributed by atoms with Crippen LogP contribution in [0.4, 0.5) is 5.69 Å². The van der Waals surface area contributed by atoms with Gasteiger partial charge in [0.25, 0.3) is 0 Å². The van der Waals surface area contributed by atoms with Gasteiger partial charge < -0.3 is 20.5 Å². The lowest BCUT2D eigenvalue weighted by atomic mass is 10.1. The Morgan fingerprint density at radius 2 is 2.33 bits per heavy atom. The number of rotatable bonds is 2. The van der Waals surface area contributed by atoms with Crippen molar-refractivity contribution >= 4 is 24.0 Å². The van der Waals surface area contributed by atoms with E-state index in [4.69, 9.17) is 4.74 Å². The minimum Gasteiger partial charge on any atom is -0.508 e. The first-order chi connectivity index (χ1) is 8.16. The number of phenols is 1. The molecule has 1 aliphatic heterocycles. The Morgan fingerprint density at radius 1 is 1.56 bits per heavy atom. The highest BCUT2D eigenvalue weighted by Gasteiger charge is 2.28. The average molecular weight is 273 g/mol. The molecule has 3 N–H and O–H groups in total. The third-order valence-electron chi connectivity index (χ3n) is 2.71. The summed E-state index contributed by atoms with van der Waals surface area (Å²) in [5, 5.41) is 15.1. The molecule has 1 aromatic rings. The molecule has 1 aliphatic rings. The van der Waals surface area contributed by atoms with E-state index >= 15 is 0 Å². The number of hydrogen-bond donors (Lipinski definition) is 3. The predicted octanol–water partition coefficient (Wildman–Crippen LogP) is 1.13. The molecule has 1 aromatic carbocycles. The van der Waals surface area contributed by atoms with Gasteiger partial charge in [-0.05, 0) is 19.1 Å². The predicted molar refractivity (Wildman–Crippen MR) is 71.2 cm³/mol. The molecule has 5 nitrogen and oxygen atoms in total. The topological polar surface area (TPSA) is 70.6 Å². The van der Waals surface area contributed by atoms with E-state index in [1.807, 2.05) is 6.92 Å². The molecule has 2 atom stereocenters. The largest absolute Gasteiger partial charge is 0.508 e. The normalized spacial score (nSPS) is 22.9. The van der Waals surface area contributed by atoms with Crippen LogP contribution in [0.2, 0.25) is 0 Å². The molecule has 0 aromatic heterocycles. The number of aromatic hydroxyl groups is 1. The second kappa shape index (κ2) is 6.58. The molecule has 1 saturated heterocycles. The Balaban J connectivity index is 0.00000162. The third-order valence-corrected chi connectivity index (χ3v) is 2.71. The molecule has 0 saturated carbocycles. The van der Waals surface area contributed by atoms with Crippen LogP contribution in [0, 0.1) is 0 Å². The lowest BCUT2D eigenvalue weighted by Gasteiger charge is -2.29. The molecule has 1 heterocycles. The lowest BCUT2D eigenvalue weighted by Crippen LogP contribution is -2.53. The maximum atomic E-state index is 12.0. The van der Waals surface area contributed by atoms with Gasteiger partial charge >= 0.3 is 0 Å². The molecule has 1 fully saturated rings. The molecule has 6 heteroatoms. The van der Waals surface area contributed by atoms with Crippen LogP contribution in [-0.4, -0.2) is 36.3 Å². The van der Waals surface area contributed by atoms with E-state index in [1.165, 1.54) is 6.07 Å². The summed E-state index contributed by atoms with van der Waals surface area (Å²) in [4.78, 5) is 12.0. The van der Waals surface area contributed by atoms with Gasteiger partial charge in [-0.2, -0.15) is 0 Å². The molecule has 0 spiro atoms. The summed E-state index contributed by atoms with van der Waals surface area (Å²) in [6.45, 7) is 3.15. The van der Waals surface area contributed by atoms with Crippen LogP contribution >= 0.6 is 12.4 Å². The van der Waals surface area contributed by atoms with E-state index in [-0.39, 0.29) is 36.2 Å². The van der Waals surface area contributed by atoms with E-state index < -0.39 is 0 Å². The van der Waals surface area contributed by atoms with Crippen LogP contribution in [0.25, 0.3) is 0 Å². The number of ether oxygens (including phenoxy) is 1. The first-order valence-corrected chi connectivity index (χ1v) is 5.62. The van der Waals surface area contributed by atoms with Crippen molar-refractivity contribution in [1.82, 2.24) is 5.32 Å². The molecule has 0 aliphatic carbocycles. The third kappa shape index (κ3) is 3.60. The zero-order valence-electron chi connectivity index (χ0n) is 10.1. The summed E-state index contributed by atoms with van der Waals surface area (Å²) >= 11 is 0. The first-order valence-electron chi connectivity index (χ1n) is 5.62. The summed E-state index contributed by atoms with van der Waals surface area (Å²) in [6, 6.07) is 6.11. The molecule has 0 bridgehead atoms. The van der Waals surface area contributed by atoms with Crippen LogP contribution < -0.4 is 10.6 Å². The molecule has 0 unspecified atom stereocenters. The Morgan fingerprint density at radius 3 is 3.00 bits per heavy atom. The summed E-state index contributed by atoms with van der Waals surface area (Å²) < 4.78 is 5.40. The fraction of sp³-hybridized carbons (Fsp3) is 0.417. The Bertz CT molecular complexity index is 414. The van der Waals surface area contributed by atoms with Crippen molar-refractivity contribution in [1.29, 1.82) is 0 Å². The van der Waals surface area contributed by atoms with Crippen LogP contribution in [0.5, 0.6) is 5.75 Å². The van der Waals surface area contributed by atoms with Crippen LogP contribution in [-0.2, 0) is 9.53 Å². The number of phenolic OH excluding ortho intramolecular Hbond substituents is 1. The maximum Gasteiger partial charge on any atom is 0.244 e. The average Bonchev–Trinajstić information content (AvgIpc) is 2.29. The SMILES string of the molecule is C[C@H]1OCCN[C@@H]1C(=O)Nc1cccc(O)c1.Cl. The summed E-state index contributed by atoms with van der Waals surface area (Å²) in [7, 11) is 0. The summed E-state index contributed by atoms with van der Waals surface area (Å²) in [5.74, 6) is -0.0218. The van der Waals surface area contributed by atoms with Crippen molar-refractivity contribution in [2.24, 2.45) is 0 Å². The highest BCUT2D eigenvalue weighted by atomic mass is 35.5. The molecule has 2 rings (SSSR count). The summed E-state index contributed by atoms with van der Waals surface area (Å²) in [5.41, 5.74) is 0.578. The van der Waals surface area contributed by atoms with Gasteiger partial charge in [0.15, 0.2) is 0 Å². The fourth-order valence-corrected chi connectivity index (χ4v) is 1.83. The van der Waals surface area contributed by atoms with E-state index in [1.54, 1.807) is 18.2 Å². The smallest absolute Gasteiger partial charge is 0.244 e. The Kier molecular flexibility index (Phi) is 5.40. The van der Waals surface area contributed by atoms with Crippen molar-refractivity contribution in [2.75, 3.05) is 18.5 Å². The standard InChI is InChI=1S/C12H16N2O3.ClH/c1-8-11(13-5-6-17-8)12(16)14-9-3-2-4-10(15)7-9;/h2-4,7-8,11,13,15H,5-6H2,1H3,(H,14,16);1H/t8-,11+;/m1./s1.